The Morgan fingerprint density at radius 2 is 1.33 bits per heavy atom. The summed E-state index contributed by atoms with van der Waals surface area (Å²) in [6.45, 7) is 6.81. The van der Waals surface area contributed by atoms with Gasteiger partial charge in [-0.3, -0.25) is 43.3 Å². The predicted molar refractivity (Wildman–Crippen MR) is 304 cm³/mol. The van der Waals surface area contributed by atoms with Crippen molar-refractivity contribution in [3.8, 4) is 0 Å². The number of nitrogens with one attached hydrogen (secondary N) is 6. The van der Waals surface area contributed by atoms with Crippen molar-refractivity contribution >= 4 is 86.3 Å². The van der Waals surface area contributed by atoms with Crippen molar-refractivity contribution in [1.82, 2.24) is 51.3 Å². The molecule has 0 saturated carbocycles. The summed E-state index contributed by atoms with van der Waals surface area (Å²) in [5.74, 6) is -3.27. The number of aromatic nitrogens is 3. The van der Waals surface area contributed by atoms with Gasteiger partial charge < -0.3 is 75.7 Å². The summed E-state index contributed by atoms with van der Waals surface area (Å²) in [5, 5.41) is 26.8. The summed E-state index contributed by atoms with van der Waals surface area (Å²) in [7, 11) is 0. The maximum Gasteiger partial charge on any atom is 0.253 e. The Labute approximate surface area is 483 Å². The van der Waals surface area contributed by atoms with Gasteiger partial charge in [0.1, 0.15) is 37.3 Å². The molecule has 0 bridgehead atoms. The molecule has 8 amide bonds. The Hall–Kier alpha value is -7.76. The molecule has 6 rings (SSSR count). The molecule has 0 saturated heterocycles. The van der Waals surface area contributed by atoms with Gasteiger partial charge in [0.05, 0.1) is 109 Å². The van der Waals surface area contributed by atoms with Crippen LogP contribution in [0, 0.1) is 0 Å². The van der Waals surface area contributed by atoms with Crippen LogP contribution in [0.4, 0.5) is 5.82 Å². The van der Waals surface area contributed by atoms with Gasteiger partial charge in [0.15, 0.2) is 5.82 Å². The molecule has 9 N–H and O–H groups in total. The average molecular weight is 1170 g/mol. The largest absolute Gasteiger partial charge is 0.389 e. The molecule has 27 heteroatoms. The minimum Gasteiger partial charge on any atom is -0.389 e. The number of ether oxygens (including phenoxy) is 6. The normalized spacial score (nSPS) is 12.7. The van der Waals surface area contributed by atoms with Crippen molar-refractivity contribution in [2.75, 3.05) is 105 Å². The molecule has 448 valence electrons. The summed E-state index contributed by atoms with van der Waals surface area (Å²) >= 11 is 1.54. The molecule has 5 aromatic rings. The minimum absolute atomic E-state index is 0.0275. The Bertz CT molecular complexity index is 3020. The Morgan fingerprint density at radius 3 is 2.02 bits per heavy atom. The third-order valence-electron chi connectivity index (χ3n) is 12.2. The van der Waals surface area contributed by atoms with Crippen molar-refractivity contribution in [3.63, 3.8) is 0 Å². The maximum atomic E-state index is 13.3. The van der Waals surface area contributed by atoms with Crippen LogP contribution >= 0.6 is 11.3 Å². The summed E-state index contributed by atoms with van der Waals surface area (Å²) in [6, 6.07) is 17.7. The highest BCUT2D eigenvalue weighted by atomic mass is 32.1. The van der Waals surface area contributed by atoms with Gasteiger partial charge in [0.2, 0.25) is 35.4 Å². The Balaban J connectivity index is 0.810. The zero-order chi connectivity index (χ0) is 59.6. The van der Waals surface area contributed by atoms with Gasteiger partial charge >= 0.3 is 0 Å². The fourth-order valence-corrected chi connectivity index (χ4v) is 9.19. The summed E-state index contributed by atoms with van der Waals surface area (Å²) in [4.78, 5) is 112. The van der Waals surface area contributed by atoms with E-state index in [0.29, 0.717) is 49.7 Å². The van der Waals surface area contributed by atoms with E-state index in [2.05, 4.69) is 36.9 Å². The van der Waals surface area contributed by atoms with Gasteiger partial charge in [-0.2, -0.15) is 0 Å². The number of hydrogen-bond acceptors (Lipinski definition) is 19. The molecule has 0 unspecified atom stereocenters. The summed E-state index contributed by atoms with van der Waals surface area (Å²) in [5.41, 5.74) is 9.16. The lowest BCUT2D eigenvalue weighted by Crippen LogP contribution is -2.52. The number of nitrogens with two attached hydrogens (primary N) is 1. The number of anilines is 1. The molecule has 83 heavy (non-hydrogen) atoms. The van der Waals surface area contributed by atoms with E-state index in [1.165, 1.54) is 12.2 Å². The quantitative estimate of drug-likeness (QED) is 0.0150. The number of imidazole rings is 1. The lowest BCUT2D eigenvalue weighted by molar-refractivity contribution is -0.138. The van der Waals surface area contributed by atoms with Crippen LogP contribution in [0.25, 0.3) is 21.9 Å². The molecule has 1 atom stereocenters. The smallest absolute Gasteiger partial charge is 0.253 e. The lowest BCUT2D eigenvalue weighted by atomic mass is 10.1. The summed E-state index contributed by atoms with van der Waals surface area (Å²) < 4.78 is 34.6. The molecule has 0 radical (unpaired) electrons. The topological polar surface area (TPSA) is 344 Å². The van der Waals surface area contributed by atoms with Crippen LogP contribution in [0.2, 0.25) is 0 Å². The van der Waals surface area contributed by atoms with Crippen molar-refractivity contribution < 1.29 is 71.9 Å². The van der Waals surface area contributed by atoms with Gasteiger partial charge in [-0.05, 0) is 50.1 Å². The van der Waals surface area contributed by atoms with Crippen molar-refractivity contribution in [1.29, 1.82) is 0 Å². The molecule has 4 heterocycles. The molecule has 26 nitrogen and oxygen atoms in total. The van der Waals surface area contributed by atoms with Crippen LogP contribution < -0.4 is 37.6 Å². The highest BCUT2D eigenvalue weighted by Crippen LogP contribution is 2.32. The number of benzene rings is 2. The monoisotopic (exact) mass is 1170 g/mol. The van der Waals surface area contributed by atoms with Crippen LogP contribution in [0.5, 0.6) is 0 Å². The standard InChI is InChI=1S/C56H73N11O15S/c1-4-77-33-44-65-52-53(67(44)35-56(2,3)76)41-13-10-38(28-42(41)64-54(52)57)26-39-11-12-40(83-39)29-58-49(72)34-82-36-62-47(70)31-61-55(75)43(27-37-8-6-5-7-9-37)63-48(71)32-60-46(69)30-59-45(68)16-18-78-20-22-80-24-25-81-23-21-79-19-17-66-50(73)14-15-51(66)74/h5-15,28,43,76H,4,16-27,29-36H2,1-3H3,(H2,57,64)(H,58,72)(H,59,68)(H,60,69)(H,61,75)(H,62,70)(H,63,71)/t43-/m0/s1. The molecule has 1 aliphatic rings. The predicted octanol–water partition coefficient (Wildman–Crippen LogP) is 0.291. The number of rotatable bonds is 38. The van der Waals surface area contributed by atoms with Crippen molar-refractivity contribution in [2.45, 2.75) is 71.4 Å². The third-order valence-corrected chi connectivity index (χ3v) is 13.3. The van der Waals surface area contributed by atoms with E-state index in [1.54, 1.807) is 55.5 Å². The van der Waals surface area contributed by atoms with Crippen LogP contribution in [0.3, 0.4) is 0 Å². The van der Waals surface area contributed by atoms with Crippen molar-refractivity contribution in [3.05, 3.63) is 99.5 Å². The number of carbonyl (C=O) groups excluding carboxylic acids is 8. The third kappa shape index (κ3) is 22.2. The van der Waals surface area contributed by atoms with E-state index in [0.717, 1.165) is 36.7 Å². The van der Waals surface area contributed by atoms with E-state index in [-0.39, 0.29) is 103 Å². The Kier molecular flexibility index (Phi) is 25.9. The number of nitrogens with zero attached hydrogens (tertiary/aromatic N) is 4. The highest BCUT2D eigenvalue weighted by Gasteiger charge is 2.25. The van der Waals surface area contributed by atoms with Crippen LogP contribution in [-0.4, -0.2) is 182 Å². The minimum atomic E-state index is -1.12. The summed E-state index contributed by atoms with van der Waals surface area (Å²) in [6.07, 6.45) is 3.09. The first-order valence-electron chi connectivity index (χ1n) is 27.0. The number of pyridine rings is 1. The zero-order valence-electron chi connectivity index (χ0n) is 46.8. The second-order valence-electron chi connectivity index (χ2n) is 19.5. The number of hydrogen-bond donors (Lipinski definition) is 8. The van der Waals surface area contributed by atoms with E-state index < -0.39 is 66.7 Å². The maximum absolute atomic E-state index is 13.3. The Morgan fingerprint density at radius 1 is 0.687 bits per heavy atom. The van der Waals surface area contributed by atoms with Gasteiger partial charge in [0.25, 0.3) is 11.8 Å². The number of carbonyl (C=O) groups is 8. The number of fused-ring (bicyclic) bond motifs is 3. The second kappa shape index (κ2) is 33.4. The number of thiophene rings is 1. The molecular formula is C56H73N11O15S. The van der Waals surface area contributed by atoms with Crippen LogP contribution in [-0.2, 0) is 99.3 Å². The molecule has 2 aromatic carbocycles. The average Bonchev–Trinajstić information content (AvgIpc) is 2.33. The zero-order valence-corrected chi connectivity index (χ0v) is 47.6. The van der Waals surface area contributed by atoms with Gasteiger partial charge in [-0.1, -0.05) is 42.5 Å². The molecule has 0 aliphatic carbocycles. The molecule has 0 spiro atoms. The van der Waals surface area contributed by atoms with E-state index in [4.69, 9.17) is 39.1 Å². The van der Waals surface area contributed by atoms with Crippen molar-refractivity contribution in [2.24, 2.45) is 0 Å². The number of aliphatic hydroxyl groups is 1. The molecule has 0 fully saturated rings. The molecule has 3 aromatic heterocycles. The van der Waals surface area contributed by atoms with E-state index >= 15 is 0 Å². The van der Waals surface area contributed by atoms with Crippen LogP contribution in [0.15, 0.2) is 72.8 Å². The first kappa shape index (κ1) is 64.4. The number of amides is 8. The molecule has 1 aliphatic heterocycles. The first-order valence-corrected chi connectivity index (χ1v) is 27.8. The molecular weight excluding hydrogens is 1100 g/mol. The van der Waals surface area contributed by atoms with E-state index in [1.807, 2.05) is 41.8 Å². The number of nitrogen functional groups attached to an aromatic ring is 1. The number of imide groups is 1. The van der Waals surface area contributed by atoms with Gasteiger partial charge in [-0.15, -0.1) is 11.3 Å². The second-order valence-corrected chi connectivity index (χ2v) is 20.7. The fraction of sp³-hybridized carbons (Fsp3) is 0.464. The first-order chi connectivity index (χ1) is 40.0. The lowest BCUT2D eigenvalue weighted by Gasteiger charge is -2.20. The van der Waals surface area contributed by atoms with Crippen LogP contribution in [0.1, 0.15) is 53.9 Å². The van der Waals surface area contributed by atoms with Gasteiger partial charge in [0, 0.05) is 53.2 Å². The highest BCUT2D eigenvalue weighted by molar-refractivity contribution is 7.12. The van der Waals surface area contributed by atoms with Gasteiger partial charge in [-0.25, -0.2) is 9.97 Å². The SMILES string of the molecule is CCOCc1nc2c(N)nc3cc(Cc4ccc(CNC(=O)COCNC(=O)CNC(=O)[C@H](Cc5ccccc5)NC(=O)CNC(=O)CNC(=O)CCOCCOCCOCCOCCN5C(=O)C=CC5=O)s4)ccc3c2n1CC(C)(C)O. The van der Waals surface area contributed by atoms with E-state index in [9.17, 15) is 43.5 Å². The fourth-order valence-electron chi connectivity index (χ4n) is 8.20.